The molecular weight excluding hydrogens is 310 g/mol. The Kier molecular flexibility index (Phi) is 2.81. The summed E-state index contributed by atoms with van der Waals surface area (Å²) in [7, 11) is 0. The third kappa shape index (κ3) is 2.06. The number of hydrogen-bond acceptors (Lipinski definition) is 2. The van der Waals surface area contributed by atoms with E-state index in [2.05, 4.69) is 27.7 Å². The SMILES string of the molecule is O=Cc1cc(F)ccc1-n1cc(I)cn1. The standard InChI is InChI=1S/C10H6FIN2O/c11-8-1-2-10(7(3-8)6-15)14-5-9(12)4-13-14/h1-6H. The van der Waals surface area contributed by atoms with Crippen LogP contribution < -0.4 is 0 Å². The van der Waals surface area contributed by atoms with Gasteiger partial charge in [-0.2, -0.15) is 5.10 Å². The number of hydrogen-bond donors (Lipinski definition) is 0. The van der Waals surface area contributed by atoms with Crippen LogP contribution in [0.4, 0.5) is 4.39 Å². The summed E-state index contributed by atoms with van der Waals surface area (Å²) in [6, 6.07) is 4.02. The van der Waals surface area contributed by atoms with Crippen molar-refractivity contribution in [2.75, 3.05) is 0 Å². The van der Waals surface area contributed by atoms with Crippen LogP contribution in [0.25, 0.3) is 5.69 Å². The molecule has 5 heteroatoms. The van der Waals surface area contributed by atoms with Crippen molar-refractivity contribution < 1.29 is 9.18 Å². The molecule has 76 valence electrons. The van der Waals surface area contributed by atoms with Crippen molar-refractivity contribution in [3.8, 4) is 5.69 Å². The Morgan fingerprint density at radius 3 is 2.87 bits per heavy atom. The molecule has 0 saturated heterocycles. The zero-order chi connectivity index (χ0) is 10.8. The lowest BCUT2D eigenvalue weighted by Crippen LogP contribution is -1.99. The van der Waals surface area contributed by atoms with Crippen molar-refractivity contribution in [2.24, 2.45) is 0 Å². The fourth-order valence-corrected chi connectivity index (χ4v) is 1.65. The second kappa shape index (κ2) is 4.09. The Morgan fingerprint density at radius 2 is 2.27 bits per heavy atom. The van der Waals surface area contributed by atoms with Crippen LogP contribution in [0.1, 0.15) is 10.4 Å². The highest BCUT2D eigenvalue weighted by Crippen LogP contribution is 2.15. The van der Waals surface area contributed by atoms with Crippen LogP contribution in [0.15, 0.2) is 30.6 Å². The van der Waals surface area contributed by atoms with Gasteiger partial charge in [0.15, 0.2) is 6.29 Å². The van der Waals surface area contributed by atoms with Gasteiger partial charge in [-0.05, 0) is 40.8 Å². The number of benzene rings is 1. The van der Waals surface area contributed by atoms with Crippen molar-refractivity contribution in [3.63, 3.8) is 0 Å². The minimum absolute atomic E-state index is 0.287. The van der Waals surface area contributed by atoms with Gasteiger partial charge in [-0.15, -0.1) is 0 Å². The van der Waals surface area contributed by atoms with Gasteiger partial charge in [0.25, 0.3) is 0 Å². The van der Waals surface area contributed by atoms with E-state index in [-0.39, 0.29) is 5.56 Å². The number of aldehydes is 1. The number of carbonyl (C=O) groups is 1. The highest BCUT2D eigenvalue weighted by Gasteiger charge is 2.06. The van der Waals surface area contributed by atoms with Crippen LogP contribution in [0.2, 0.25) is 0 Å². The number of nitrogens with zero attached hydrogens (tertiary/aromatic N) is 2. The Hall–Kier alpha value is -1.24. The van der Waals surface area contributed by atoms with E-state index in [0.717, 1.165) is 3.57 Å². The maximum atomic E-state index is 12.9. The molecule has 0 N–H and O–H groups in total. The van der Waals surface area contributed by atoms with Crippen molar-refractivity contribution in [2.45, 2.75) is 0 Å². The van der Waals surface area contributed by atoms with Crippen molar-refractivity contribution in [3.05, 3.63) is 45.5 Å². The van der Waals surface area contributed by atoms with E-state index in [0.29, 0.717) is 12.0 Å². The topological polar surface area (TPSA) is 34.9 Å². The molecule has 1 heterocycles. The molecule has 0 bridgehead atoms. The first kappa shape index (κ1) is 10.3. The van der Waals surface area contributed by atoms with Gasteiger partial charge in [0.2, 0.25) is 0 Å². The van der Waals surface area contributed by atoms with E-state index in [1.165, 1.54) is 18.2 Å². The summed E-state index contributed by atoms with van der Waals surface area (Å²) < 4.78 is 15.4. The minimum Gasteiger partial charge on any atom is -0.298 e. The summed E-state index contributed by atoms with van der Waals surface area (Å²) in [5.41, 5.74) is 0.865. The molecule has 2 aromatic rings. The molecule has 0 aliphatic carbocycles. The first-order valence-electron chi connectivity index (χ1n) is 4.16. The fourth-order valence-electron chi connectivity index (χ4n) is 1.26. The van der Waals surface area contributed by atoms with Gasteiger partial charge < -0.3 is 0 Å². The molecule has 0 fully saturated rings. The molecule has 1 aromatic carbocycles. The molecule has 0 spiro atoms. The lowest BCUT2D eigenvalue weighted by molar-refractivity contribution is 0.112. The van der Waals surface area contributed by atoms with E-state index in [1.807, 2.05) is 0 Å². The number of aromatic nitrogens is 2. The quantitative estimate of drug-likeness (QED) is 0.630. The van der Waals surface area contributed by atoms with E-state index >= 15 is 0 Å². The monoisotopic (exact) mass is 316 g/mol. The third-order valence-corrected chi connectivity index (χ3v) is 2.47. The fraction of sp³-hybridized carbons (Fsp3) is 0. The molecule has 0 amide bonds. The lowest BCUT2D eigenvalue weighted by Gasteiger charge is -2.03. The molecule has 0 unspecified atom stereocenters. The Balaban J connectivity index is 2.57. The summed E-state index contributed by atoms with van der Waals surface area (Å²) >= 11 is 2.11. The molecule has 0 atom stereocenters. The second-order valence-corrected chi connectivity index (χ2v) is 4.17. The predicted molar refractivity (Wildman–Crippen MR) is 61.6 cm³/mol. The van der Waals surface area contributed by atoms with Gasteiger partial charge in [0, 0.05) is 11.8 Å². The summed E-state index contributed by atoms with van der Waals surface area (Å²) in [4.78, 5) is 10.8. The molecule has 2 rings (SSSR count). The first-order valence-corrected chi connectivity index (χ1v) is 5.24. The van der Waals surface area contributed by atoms with Crippen LogP contribution in [-0.2, 0) is 0 Å². The largest absolute Gasteiger partial charge is 0.298 e. The second-order valence-electron chi connectivity index (χ2n) is 2.92. The van der Waals surface area contributed by atoms with Crippen molar-refractivity contribution in [1.29, 1.82) is 0 Å². The first-order chi connectivity index (χ1) is 7.20. The molecular formula is C10H6FIN2O. The molecule has 0 aliphatic heterocycles. The predicted octanol–water partition coefficient (Wildman–Crippen LogP) is 2.43. The van der Waals surface area contributed by atoms with E-state index in [4.69, 9.17) is 0 Å². The van der Waals surface area contributed by atoms with Gasteiger partial charge in [0.1, 0.15) is 5.82 Å². The highest BCUT2D eigenvalue weighted by molar-refractivity contribution is 14.1. The average molecular weight is 316 g/mol. The van der Waals surface area contributed by atoms with Gasteiger partial charge in [-0.25, -0.2) is 9.07 Å². The van der Waals surface area contributed by atoms with Gasteiger partial charge >= 0.3 is 0 Å². The van der Waals surface area contributed by atoms with Gasteiger partial charge in [-0.3, -0.25) is 4.79 Å². The third-order valence-electron chi connectivity index (χ3n) is 1.91. The summed E-state index contributed by atoms with van der Waals surface area (Å²) in [6.45, 7) is 0. The summed E-state index contributed by atoms with van der Waals surface area (Å²) in [5, 5.41) is 4.05. The number of halogens is 2. The van der Waals surface area contributed by atoms with Crippen LogP contribution in [0, 0.1) is 9.39 Å². The Bertz CT molecular complexity index is 510. The van der Waals surface area contributed by atoms with Gasteiger partial charge in [-0.1, -0.05) is 0 Å². The molecule has 0 radical (unpaired) electrons. The van der Waals surface area contributed by atoms with Crippen molar-refractivity contribution in [1.82, 2.24) is 9.78 Å². The van der Waals surface area contributed by atoms with E-state index in [1.54, 1.807) is 17.1 Å². The molecule has 1 aromatic heterocycles. The zero-order valence-corrected chi connectivity index (χ0v) is 9.68. The Morgan fingerprint density at radius 1 is 1.47 bits per heavy atom. The Labute approximate surface area is 99.0 Å². The molecule has 0 saturated carbocycles. The number of carbonyl (C=O) groups excluding carboxylic acids is 1. The van der Waals surface area contributed by atoms with Crippen LogP contribution in [0.3, 0.4) is 0 Å². The zero-order valence-electron chi connectivity index (χ0n) is 7.52. The normalized spacial score (nSPS) is 10.3. The lowest BCUT2D eigenvalue weighted by atomic mass is 10.2. The maximum absolute atomic E-state index is 12.9. The van der Waals surface area contributed by atoms with Crippen LogP contribution >= 0.6 is 22.6 Å². The van der Waals surface area contributed by atoms with Gasteiger partial charge in [0.05, 0.1) is 15.5 Å². The highest BCUT2D eigenvalue weighted by atomic mass is 127. The maximum Gasteiger partial charge on any atom is 0.152 e. The smallest absolute Gasteiger partial charge is 0.152 e. The van der Waals surface area contributed by atoms with Crippen molar-refractivity contribution >= 4 is 28.9 Å². The average Bonchev–Trinajstić information content (AvgIpc) is 2.64. The van der Waals surface area contributed by atoms with E-state index in [9.17, 15) is 9.18 Å². The minimum atomic E-state index is -0.428. The summed E-state index contributed by atoms with van der Waals surface area (Å²) in [6.07, 6.45) is 4.05. The molecule has 15 heavy (non-hydrogen) atoms. The summed E-state index contributed by atoms with van der Waals surface area (Å²) in [5.74, 6) is -0.428. The number of rotatable bonds is 2. The molecule has 0 aliphatic rings. The molecule has 3 nitrogen and oxygen atoms in total. The van der Waals surface area contributed by atoms with E-state index < -0.39 is 5.82 Å². The van der Waals surface area contributed by atoms with Crippen LogP contribution in [0.5, 0.6) is 0 Å². The van der Waals surface area contributed by atoms with Crippen LogP contribution in [-0.4, -0.2) is 16.1 Å².